The lowest BCUT2D eigenvalue weighted by Crippen LogP contribution is -2.23. The molecule has 0 saturated heterocycles. The van der Waals surface area contributed by atoms with Crippen LogP contribution >= 0.6 is 39.1 Å². The van der Waals surface area contributed by atoms with E-state index in [1.807, 2.05) is 24.3 Å². The van der Waals surface area contributed by atoms with Crippen molar-refractivity contribution in [1.82, 2.24) is 0 Å². The largest absolute Gasteiger partial charge is 0.481 e. The van der Waals surface area contributed by atoms with E-state index in [0.717, 1.165) is 24.0 Å². The first-order chi connectivity index (χ1) is 14.7. The Morgan fingerprint density at radius 2 is 1.90 bits per heavy atom. The number of alkyl halides is 2. The van der Waals surface area contributed by atoms with Crippen LogP contribution in [0.25, 0.3) is 0 Å². The minimum atomic E-state index is -0.788. The predicted molar refractivity (Wildman–Crippen MR) is 126 cm³/mol. The number of allylic oxidation sites excluding steroid dienone is 2. The fourth-order valence-corrected chi connectivity index (χ4v) is 5.57. The maximum absolute atomic E-state index is 11.1. The third-order valence-electron chi connectivity index (χ3n) is 5.59. The molecule has 1 aromatic rings. The maximum Gasteiger partial charge on any atom is 0.303 e. The van der Waals surface area contributed by atoms with Gasteiger partial charge in [-0.1, -0.05) is 45.7 Å². The van der Waals surface area contributed by atoms with Crippen molar-refractivity contribution in [3.05, 3.63) is 46.5 Å². The summed E-state index contributed by atoms with van der Waals surface area (Å²) >= 11 is 16.4. The lowest BCUT2D eigenvalue weighted by Gasteiger charge is -2.22. The molecule has 1 aromatic carbocycles. The Bertz CT molecular complexity index is 785. The van der Waals surface area contributed by atoms with E-state index >= 15 is 0 Å². The van der Waals surface area contributed by atoms with Crippen LogP contribution in [0, 0.1) is 11.8 Å². The van der Waals surface area contributed by atoms with E-state index in [2.05, 4.69) is 15.9 Å². The Kier molecular flexibility index (Phi) is 10.8. The van der Waals surface area contributed by atoms with Gasteiger partial charge < -0.3 is 14.9 Å². The summed E-state index contributed by atoms with van der Waals surface area (Å²) in [5.41, 5.74) is 1.87. The molecular formula is C23H29BrCl2O5. The highest BCUT2D eigenvalue weighted by Crippen LogP contribution is 2.44. The molecule has 1 fully saturated rings. The molecule has 1 saturated carbocycles. The van der Waals surface area contributed by atoms with Gasteiger partial charge >= 0.3 is 11.9 Å². The Morgan fingerprint density at radius 3 is 2.58 bits per heavy atom. The third-order valence-corrected chi connectivity index (χ3v) is 7.82. The molecule has 3 unspecified atom stereocenters. The number of aliphatic hydroxyl groups is 1. The number of benzene rings is 1. The van der Waals surface area contributed by atoms with E-state index in [1.54, 1.807) is 6.07 Å². The summed E-state index contributed by atoms with van der Waals surface area (Å²) in [6.07, 6.45) is 7.15. The molecule has 5 atom stereocenters. The van der Waals surface area contributed by atoms with Crippen LogP contribution in [0.5, 0.6) is 0 Å². The van der Waals surface area contributed by atoms with E-state index in [0.29, 0.717) is 24.3 Å². The maximum atomic E-state index is 11.1. The summed E-state index contributed by atoms with van der Waals surface area (Å²) in [5.74, 6) is -1.000. The zero-order chi connectivity index (χ0) is 23.0. The number of hydrogen-bond donors (Lipinski definition) is 2. The highest BCUT2D eigenvalue weighted by Gasteiger charge is 2.46. The van der Waals surface area contributed by atoms with Crippen LogP contribution in [-0.2, 0) is 27.4 Å². The molecule has 0 radical (unpaired) electrons. The summed E-state index contributed by atoms with van der Waals surface area (Å²) < 4.78 is 5.07. The lowest BCUT2D eigenvalue weighted by atomic mass is 9.86. The van der Waals surface area contributed by atoms with Gasteiger partial charge in [-0.15, -0.1) is 11.6 Å². The van der Waals surface area contributed by atoms with Gasteiger partial charge in [0.25, 0.3) is 0 Å². The van der Waals surface area contributed by atoms with Crippen molar-refractivity contribution in [2.24, 2.45) is 11.8 Å². The van der Waals surface area contributed by atoms with E-state index in [-0.39, 0.29) is 41.0 Å². The van der Waals surface area contributed by atoms with Crippen molar-refractivity contribution in [2.45, 2.75) is 68.4 Å². The van der Waals surface area contributed by atoms with Gasteiger partial charge in [-0.3, -0.25) is 9.59 Å². The Morgan fingerprint density at radius 1 is 1.19 bits per heavy atom. The standard InChI is InChI=1S/C23H29BrCl2O5/c1-14(27)31-13-16-10-15(11-17(25)12-16)8-9-18-19(23(30)21(24)22(18)26)6-4-2-3-5-7-20(28)29/h2,4,10-12,18-19,21-23,30H,3,5-9,13H2,1H3,(H,28,29)/b4-2+/t18-,19-,21?,22?,23?/m1/s1. The molecule has 0 aliphatic heterocycles. The molecule has 5 nitrogen and oxygen atoms in total. The molecule has 1 aliphatic rings. The molecule has 1 aliphatic carbocycles. The number of ether oxygens (including phenoxy) is 1. The fourth-order valence-electron chi connectivity index (χ4n) is 4.04. The number of carboxylic acids is 1. The van der Waals surface area contributed by atoms with Crippen molar-refractivity contribution in [2.75, 3.05) is 0 Å². The summed E-state index contributed by atoms with van der Waals surface area (Å²) in [4.78, 5) is 21.5. The summed E-state index contributed by atoms with van der Waals surface area (Å²) in [5, 5.41) is 19.8. The first-order valence-corrected chi connectivity index (χ1v) is 12.2. The quantitative estimate of drug-likeness (QED) is 0.169. The van der Waals surface area contributed by atoms with Crippen LogP contribution in [0.1, 0.15) is 50.2 Å². The molecule has 0 aromatic heterocycles. The Hall–Kier alpha value is -1.08. The van der Waals surface area contributed by atoms with Gasteiger partial charge in [-0.2, -0.15) is 0 Å². The smallest absolute Gasteiger partial charge is 0.303 e. The van der Waals surface area contributed by atoms with Gasteiger partial charge in [0.1, 0.15) is 6.61 Å². The average Bonchev–Trinajstić information content (AvgIpc) is 2.90. The number of carbonyl (C=O) groups excluding carboxylic acids is 1. The van der Waals surface area contributed by atoms with Crippen molar-refractivity contribution in [3.63, 3.8) is 0 Å². The first kappa shape index (κ1) is 26.2. The number of esters is 1. The monoisotopic (exact) mass is 534 g/mol. The zero-order valence-corrected chi connectivity index (χ0v) is 20.6. The second kappa shape index (κ2) is 12.8. The van der Waals surface area contributed by atoms with E-state index in [1.165, 1.54) is 6.92 Å². The van der Waals surface area contributed by atoms with E-state index in [9.17, 15) is 14.7 Å². The number of aliphatic hydroxyl groups excluding tert-OH is 1. The highest BCUT2D eigenvalue weighted by atomic mass is 79.9. The first-order valence-electron chi connectivity index (χ1n) is 10.4. The van der Waals surface area contributed by atoms with Gasteiger partial charge in [0.05, 0.1) is 16.3 Å². The zero-order valence-electron chi connectivity index (χ0n) is 17.5. The average molecular weight is 536 g/mol. The van der Waals surface area contributed by atoms with Gasteiger partial charge in [0.2, 0.25) is 0 Å². The molecule has 0 amide bonds. The normalized spacial score (nSPS) is 25.8. The van der Waals surface area contributed by atoms with Crippen molar-refractivity contribution >= 4 is 51.1 Å². The third kappa shape index (κ3) is 8.41. The molecule has 2 N–H and O–H groups in total. The summed E-state index contributed by atoms with van der Waals surface area (Å²) in [6.45, 7) is 1.55. The Balaban J connectivity index is 1.98. The predicted octanol–water partition coefficient (Wildman–Crippen LogP) is 5.51. The molecule has 8 heteroatoms. The Labute approximate surface area is 201 Å². The topological polar surface area (TPSA) is 83.8 Å². The van der Waals surface area contributed by atoms with Crippen LogP contribution < -0.4 is 0 Å². The van der Waals surface area contributed by atoms with Gasteiger partial charge in [0, 0.05) is 18.4 Å². The summed E-state index contributed by atoms with van der Waals surface area (Å²) in [6, 6.07) is 5.66. The molecule has 0 bridgehead atoms. The number of carbonyl (C=O) groups is 2. The highest BCUT2D eigenvalue weighted by molar-refractivity contribution is 9.09. The van der Waals surface area contributed by atoms with Crippen LogP contribution in [0.15, 0.2) is 30.4 Å². The van der Waals surface area contributed by atoms with E-state index < -0.39 is 12.1 Å². The number of aliphatic carboxylic acids is 1. The fraction of sp³-hybridized carbons (Fsp3) is 0.565. The number of halogens is 3. The van der Waals surface area contributed by atoms with Crippen molar-refractivity contribution < 1.29 is 24.5 Å². The molecular weight excluding hydrogens is 507 g/mol. The number of rotatable bonds is 11. The molecule has 0 spiro atoms. The second-order valence-electron chi connectivity index (χ2n) is 7.99. The number of carboxylic acid groups (broad SMARTS) is 1. The second-order valence-corrected chi connectivity index (χ2v) is 9.98. The van der Waals surface area contributed by atoms with Crippen molar-refractivity contribution in [1.29, 1.82) is 0 Å². The van der Waals surface area contributed by atoms with Gasteiger partial charge in [-0.25, -0.2) is 0 Å². The molecule has 2 rings (SSSR count). The molecule has 172 valence electrons. The SMILES string of the molecule is CC(=O)OCc1cc(Cl)cc(CC[C@H]2C(Cl)C(Br)C(O)[C@@H]2C/C=C/CCCC(=O)O)c1. The van der Waals surface area contributed by atoms with Gasteiger partial charge in [0.15, 0.2) is 0 Å². The van der Waals surface area contributed by atoms with Crippen LogP contribution in [0.4, 0.5) is 0 Å². The number of aryl methyl sites for hydroxylation is 1. The van der Waals surface area contributed by atoms with Crippen LogP contribution in [0.3, 0.4) is 0 Å². The van der Waals surface area contributed by atoms with Crippen LogP contribution in [-0.4, -0.2) is 38.5 Å². The van der Waals surface area contributed by atoms with Gasteiger partial charge in [-0.05, 0) is 67.2 Å². The molecule has 31 heavy (non-hydrogen) atoms. The summed E-state index contributed by atoms with van der Waals surface area (Å²) in [7, 11) is 0. The van der Waals surface area contributed by atoms with E-state index in [4.69, 9.17) is 33.0 Å². The number of unbranched alkanes of at least 4 members (excludes halogenated alkanes) is 1. The number of hydrogen-bond acceptors (Lipinski definition) is 4. The minimum Gasteiger partial charge on any atom is -0.481 e. The van der Waals surface area contributed by atoms with Crippen molar-refractivity contribution in [3.8, 4) is 0 Å². The minimum absolute atomic E-state index is 0.0160. The van der Waals surface area contributed by atoms with Crippen LogP contribution in [0.2, 0.25) is 5.02 Å². The lowest BCUT2D eigenvalue weighted by molar-refractivity contribution is -0.142. The molecule has 0 heterocycles.